The van der Waals surface area contributed by atoms with Gasteiger partial charge in [-0.05, 0) is 34.5 Å². The van der Waals surface area contributed by atoms with Gasteiger partial charge in [0.05, 0.1) is 6.61 Å². The summed E-state index contributed by atoms with van der Waals surface area (Å²) in [6.45, 7) is 3.02. The highest BCUT2D eigenvalue weighted by molar-refractivity contribution is 9.10. The molecule has 0 aliphatic heterocycles. The Labute approximate surface area is 135 Å². The van der Waals surface area contributed by atoms with Gasteiger partial charge in [0.15, 0.2) is 0 Å². The second kappa shape index (κ2) is 8.83. The van der Waals surface area contributed by atoms with Crippen molar-refractivity contribution in [3.63, 3.8) is 0 Å². The summed E-state index contributed by atoms with van der Waals surface area (Å²) in [6, 6.07) is 10.2. The molecule has 1 heterocycles. The quantitative estimate of drug-likeness (QED) is 0.558. The fourth-order valence-electron chi connectivity index (χ4n) is 2.30. The zero-order valence-electron chi connectivity index (χ0n) is 12.5. The van der Waals surface area contributed by atoms with Crippen molar-refractivity contribution in [2.75, 3.05) is 6.61 Å². The van der Waals surface area contributed by atoms with Crippen molar-refractivity contribution in [3.8, 4) is 16.9 Å². The van der Waals surface area contributed by atoms with Crippen molar-refractivity contribution < 1.29 is 4.74 Å². The lowest BCUT2D eigenvalue weighted by Gasteiger charge is -2.12. The van der Waals surface area contributed by atoms with Gasteiger partial charge in [-0.3, -0.25) is 4.98 Å². The van der Waals surface area contributed by atoms with E-state index in [1.165, 1.54) is 25.7 Å². The molecule has 0 aliphatic rings. The molecule has 1 aromatic carbocycles. The first-order valence-corrected chi connectivity index (χ1v) is 8.44. The van der Waals surface area contributed by atoms with Gasteiger partial charge in [0, 0.05) is 28.0 Å². The molecule has 0 unspecified atom stereocenters. The van der Waals surface area contributed by atoms with Crippen molar-refractivity contribution in [2.24, 2.45) is 0 Å². The summed E-state index contributed by atoms with van der Waals surface area (Å²) < 4.78 is 6.98. The maximum absolute atomic E-state index is 5.99. The minimum atomic E-state index is 0.781. The van der Waals surface area contributed by atoms with E-state index < -0.39 is 0 Å². The summed E-state index contributed by atoms with van der Waals surface area (Å²) in [5.74, 6) is 0.944. The molecule has 21 heavy (non-hydrogen) atoms. The number of hydrogen-bond acceptors (Lipinski definition) is 2. The summed E-state index contributed by atoms with van der Waals surface area (Å²) in [7, 11) is 0. The number of rotatable bonds is 8. The van der Waals surface area contributed by atoms with Crippen LogP contribution in [0.25, 0.3) is 11.1 Å². The largest absolute Gasteiger partial charge is 0.493 e. The molecule has 112 valence electrons. The first-order valence-electron chi connectivity index (χ1n) is 7.64. The standard InChI is InChI=1S/C18H22BrNO/c1-2-3-4-5-8-13-21-18-10-7-6-9-16(18)15-11-12-20-14-17(15)19/h6-7,9-12,14H,2-5,8,13H2,1H3. The van der Waals surface area contributed by atoms with Gasteiger partial charge < -0.3 is 4.74 Å². The fraction of sp³-hybridized carbons (Fsp3) is 0.389. The van der Waals surface area contributed by atoms with Crippen LogP contribution in [0.3, 0.4) is 0 Å². The number of hydrogen-bond donors (Lipinski definition) is 0. The molecule has 2 nitrogen and oxygen atoms in total. The lowest BCUT2D eigenvalue weighted by Crippen LogP contribution is -1.99. The summed E-state index contributed by atoms with van der Waals surface area (Å²) in [4.78, 5) is 4.12. The summed E-state index contributed by atoms with van der Waals surface area (Å²) in [6.07, 6.45) is 9.89. The van der Waals surface area contributed by atoms with Crippen molar-refractivity contribution >= 4 is 15.9 Å². The Balaban J connectivity index is 1.99. The van der Waals surface area contributed by atoms with Crippen LogP contribution in [-0.2, 0) is 0 Å². The SMILES string of the molecule is CCCCCCCOc1ccccc1-c1ccncc1Br. The number of para-hydroxylation sites is 1. The lowest BCUT2D eigenvalue weighted by atomic mass is 10.1. The van der Waals surface area contributed by atoms with Gasteiger partial charge >= 0.3 is 0 Å². The summed E-state index contributed by atoms with van der Waals surface area (Å²) in [5.41, 5.74) is 2.23. The molecule has 0 fully saturated rings. The maximum Gasteiger partial charge on any atom is 0.127 e. The van der Waals surface area contributed by atoms with E-state index in [1.807, 2.05) is 36.7 Å². The zero-order valence-corrected chi connectivity index (χ0v) is 14.1. The second-order valence-electron chi connectivity index (χ2n) is 5.11. The summed E-state index contributed by atoms with van der Waals surface area (Å²) >= 11 is 3.56. The van der Waals surface area contributed by atoms with Crippen LogP contribution in [0, 0.1) is 0 Å². The fourth-order valence-corrected chi connectivity index (χ4v) is 2.76. The van der Waals surface area contributed by atoms with Crippen LogP contribution in [0.1, 0.15) is 39.0 Å². The van der Waals surface area contributed by atoms with Crippen molar-refractivity contribution in [1.82, 2.24) is 4.98 Å². The average Bonchev–Trinajstić information content (AvgIpc) is 2.52. The van der Waals surface area contributed by atoms with E-state index in [-0.39, 0.29) is 0 Å². The number of benzene rings is 1. The molecule has 0 atom stereocenters. The Morgan fingerprint density at radius 2 is 1.81 bits per heavy atom. The molecule has 3 heteroatoms. The Kier molecular flexibility index (Phi) is 6.74. The smallest absolute Gasteiger partial charge is 0.127 e. The molecular formula is C18H22BrNO. The molecule has 1 aromatic heterocycles. The van der Waals surface area contributed by atoms with E-state index in [9.17, 15) is 0 Å². The second-order valence-corrected chi connectivity index (χ2v) is 5.97. The lowest BCUT2D eigenvalue weighted by molar-refractivity contribution is 0.306. The first kappa shape index (κ1) is 16.0. The van der Waals surface area contributed by atoms with E-state index in [0.29, 0.717) is 0 Å². The van der Waals surface area contributed by atoms with Crippen LogP contribution < -0.4 is 4.74 Å². The molecule has 0 bridgehead atoms. The van der Waals surface area contributed by atoms with E-state index in [1.54, 1.807) is 0 Å². The van der Waals surface area contributed by atoms with Crippen LogP contribution in [0.5, 0.6) is 5.75 Å². The van der Waals surface area contributed by atoms with Crippen LogP contribution >= 0.6 is 15.9 Å². The van der Waals surface area contributed by atoms with E-state index >= 15 is 0 Å². The molecule has 0 amide bonds. The number of aromatic nitrogens is 1. The molecule has 0 spiro atoms. The number of unbranched alkanes of at least 4 members (excludes halogenated alkanes) is 4. The highest BCUT2D eigenvalue weighted by Crippen LogP contribution is 2.34. The van der Waals surface area contributed by atoms with Crippen molar-refractivity contribution in [1.29, 1.82) is 0 Å². The topological polar surface area (TPSA) is 22.1 Å². The number of nitrogens with zero attached hydrogens (tertiary/aromatic N) is 1. The number of halogens is 1. The van der Waals surface area contributed by atoms with E-state index in [4.69, 9.17) is 4.74 Å². The molecule has 2 rings (SSSR count). The van der Waals surface area contributed by atoms with Crippen molar-refractivity contribution in [3.05, 3.63) is 47.2 Å². The average molecular weight is 348 g/mol. The molecular weight excluding hydrogens is 326 g/mol. The third-order valence-electron chi connectivity index (χ3n) is 3.46. The van der Waals surface area contributed by atoms with E-state index in [2.05, 4.69) is 33.9 Å². The van der Waals surface area contributed by atoms with Crippen LogP contribution in [0.15, 0.2) is 47.2 Å². The Hall–Kier alpha value is -1.35. The van der Waals surface area contributed by atoms with Crippen LogP contribution in [0.4, 0.5) is 0 Å². The van der Waals surface area contributed by atoms with Gasteiger partial charge in [-0.15, -0.1) is 0 Å². The molecule has 0 saturated heterocycles. The van der Waals surface area contributed by atoms with Crippen LogP contribution in [-0.4, -0.2) is 11.6 Å². The highest BCUT2D eigenvalue weighted by atomic mass is 79.9. The van der Waals surface area contributed by atoms with Gasteiger partial charge in [-0.25, -0.2) is 0 Å². The Bertz CT molecular complexity index is 556. The molecule has 0 saturated carbocycles. The van der Waals surface area contributed by atoms with Crippen molar-refractivity contribution in [2.45, 2.75) is 39.0 Å². The Morgan fingerprint density at radius 3 is 2.62 bits per heavy atom. The van der Waals surface area contributed by atoms with Gasteiger partial charge in [0.25, 0.3) is 0 Å². The Morgan fingerprint density at radius 1 is 1.00 bits per heavy atom. The monoisotopic (exact) mass is 347 g/mol. The van der Waals surface area contributed by atoms with Crippen LogP contribution in [0.2, 0.25) is 0 Å². The van der Waals surface area contributed by atoms with Gasteiger partial charge in [0.2, 0.25) is 0 Å². The molecule has 0 aliphatic carbocycles. The highest BCUT2D eigenvalue weighted by Gasteiger charge is 2.08. The number of ether oxygens (including phenoxy) is 1. The third kappa shape index (κ3) is 4.85. The maximum atomic E-state index is 5.99. The van der Waals surface area contributed by atoms with Gasteiger partial charge in [-0.2, -0.15) is 0 Å². The predicted molar refractivity (Wildman–Crippen MR) is 91.6 cm³/mol. The molecule has 0 radical (unpaired) electrons. The predicted octanol–water partition coefficient (Wildman–Crippen LogP) is 5.86. The number of pyridine rings is 1. The molecule has 0 N–H and O–H groups in total. The zero-order chi connectivity index (χ0) is 14.9. The summed E-state index contributed by atoms with van der Waals surface area (Å²) in [5, 5.41) is 0. The minimum Gasteiger partial charge on any atom is -0.493 e. The first-order chi connectivity index (χ1) is 10.3. The van der Waals surface area contributed by atoms with Gasteiger partial charge in [0.1, 0.15) is 5.75 Å². The van der Waals surface area contributed by atoms with Gasteiger partial charge in [-0.1, -0.05) is 50.8 Å². The minimum absolute atomic E-state index is 0.781. The normalized spacial score (nSPS) is 10.6. The van der Waals surface area contributed by atoms with E-state index in [0.717, 1.165) is 34.4 Å². The third-order valence-corrected chi connectivity index (χ3v) is 4.09. The molecule has 2 aromatic rings.